The fourth-order valence-corrected chi connectivity index (χ4v) is 2.66. The van der Waals surface area contributed by atoms with Crippen LogP contribution < -0.4 is 5.32 Å². The third-order valence-electron chi connectivity index (χ3n) is 3.62. The number of carbonyl (C=O) groups excluding carboxylic acids is 1. The van der Waals surface area contributed by atoms with E-state index >= 15 is 0 Å². The van der Waals surface area contributed by atoms with E-state index in [2.05, 4.69) is 24.0 Å². The highest BCUT2D eigenvalue weighted by Gasteiger charge is 2.33. The normalized spacial score (nSPS) is 23.3. The molecule has 0 bridgehead atoms. The van der Waals surface area contributed by atoms with Crippen LogP contribution >= 0.6 is 12.6 Å². The van der Waals surface area contributed by atoms with Crippen molar-refractivity contribution >= 4 is 18.4 Å². The quantitative estimate of drug-likeness (QED) is 0.657. The van der Waals surface area contributed by atoms with E-state index in [9.17, 15) is 4.79 Å². The van der Waals surface area contributed by atoms with E-state index in [0.717, 1.165) is 29.8 Å². The van der Waals surface area contributed by atoms with Gasteiger partial charge in [-0.3, -0.25) is 4.79 Å². The van der Waals surface area contributed by atoms with E-state index in [4.69, 9.17) is 4.74 Å². The van der Waals surface area contributed by atoms with E-state index in [1.165, 1.54) is 0 Å². The van der Waals surface area contributed by atoms with Crippen molar-refractivity contribution in [1.82, 2.24) is 5.32 Å². The van der Waals surface area contributed by atoms with Gasteiger partial charge in [-0.2, -0.15) is 12.6 Å². The number of benzene rings is 1. The number of ketones is 1. The number of nitrogens with one attached hydrogen (secondary N) is 1. The van der Waals surface area contributed by atoms with Crippen LogP contribution in [0, 0.1) is 0 Å². The third-order valence-corrected chi connectivity index (χ3v) is 3.98. The number of carbonyl (C=O) groups is 1. The van der Waals surface area contributed by atoms with Gasteiger partial charge in [0.25, 0.3) is 0 Å². The lowest BCUT2D eigenvalue weighted by atomic mass is 9.87. The second-order valence-corrected chi connectivity index (χ2v) is 5.39. The molecule has 0 radical (unpaired) electrons. The summed E-state index contributed by atoms with van der Waals surface area (Å²) in [6.45, 7) is 6.19. The Morgan fingerprint density at radius 1 is 1.53 bits per heavy atom. The molecule has 1 heterocycles. The van der Waals surface area contributed by atoms with Gasteiger partial charge in [0.15, 0.2) is 5.78 Å². The van der Waals surface area contributed by atoms with Crippen molar-refractivity contribution in [2.45, 2.75) is 31.6 Å². The monoisotopic (exact) mass is 279 g/mol. The van der Waals surface area contributed by atoms with Gasteiger partial charge in [-0.1, -0.05) is 25.1 Å². The molecular weight excluding hydrogens is 258 g/mol. The molecule has 1 aliphatic rings. The molecule has 1 N–H and O–H groups in total. The van der Waals surface area contributed by atoms with E-state index in [1.807, 2.05) is 26.0 Å². The lowest BCUT2D eigenvalue weighted by Gasteiger charge is -2.36. The van der Waals surface area contributed by atoms with Crippen molar-refractivity contribution < 1.29 is 9.53 Å². The first-order chi connectivity index (χ1) is 9.10. The van der Waals surface area contributed by atoms with Gasteiger partial charge >= 0.3 is 0 Å². The zero-order valence-corrected chi connectivity index (χ0v) is 12.4. The van der Waals surface area contributed by atoms with E-state index < -0.39 is 5.60 Å². The number of morpholine rings is 1. The average molecular weight is 279 g/mol. The molecule has 1 unspecified atom stereocenters. The SMILES string of the molecule is CCC(=O)c1ccc(CS)cc1C1(C)CNCCO1. The Labute approximate surface area is 120 Å². The molecule has 1 atom stereocenters. The van der Waals surface area contributed by atoms with Gasteiger partial charge in [0.1, 0.15) is 5.60 Å². The van der Waals surface area contributed by atoms with Crippen LogP contribution in [0.2, 0.25) is 0 Å². The van der Waals surface area contributed by atoms with Crippen LogP contribution in [0.25, 0.3) is 0 Å². The van der Waals surface area contributed by atoms with Crippen LogP contribution in [0.15, 0.2) is 18.2 Å². The van der Waals surface area contributed by atoms with E-state index in [1.54, 1.807) is 0 Å². The summed E-state index contributed by atoms with van der Waals surface area (Å²) in [7, 11) is 0. The molecule has 1 aliphatic heterocycles. The smallest absolute Gasteiger partial charge is 0.162 e. The number of hydrogen-bond acceptors (Lipinski definition) is 4. The topological polar surface area (TPSA) is 38.3 Å². The minimum atomic E-state index is -0.433. The molecule has 3 nitrogen and oxygen atoms in total. The van der Waals surface area contributed by atoms with Crippen molar-refractivity contribution in [1.29, 1.82) is 0 Å². The number of thiol groups is 1. The molecule has 104 valence electrons. The summed E-state index contributed by atoms with van der Waals surface area (Å²) in [5, 5.41) is 3.34. The van der Waals surface area contributed by atoms with Crippen LogP contribution in [-0.4, -0.2) is 25.5 Å². The van der Waals surface area contributed by atoms with Crippen molar-refractivity contribution in [2.75, 3.05) is 19.7 Å². The second-order valence-electron chi connectivity index (χ2n) is 5.07. The largest absolute Gasteiger partial charge is 0.368 e. The third kappa shape index (κ3) is 3.02. The Bertz CT molecular complexity index is 467. The Balaban J connectivity index is 2.48. The number of ether oxygens (including phenoxy) is 1. The Morgan fingerprint density at radius 2 is 2.32 bits per heavy atom. The van der Waals surface area contributed by atoms with Crippen molar-refractivity contribution in [2.24, 2.45) is 0 Å². The summed E-state index contributed by atoms with van der Waals surface area (Å²) in [6.07, 6.45) is 0.511. The molecule has 1 aromatic rings. The lowest BCUT2D eigenvalue weighted by Crippen LogP contribution is -2.46. The zero-order valence-electron chi connectivity index (χ0n) is 11.5. The maximum atomic E-state index is 12.1. The minimum absolute atomic E-state index is 0.163. The first-order valence-corrected chi connectivity index (χ1v) is 7.36. The molecule has 2 rings (SSSR count). The summed E-state index contributed by atoms with van der Waals surface area (Å²) >= 11 is 4.32. The summed E-state index contributed by atoms with van der Waals surface area (Å²) in [4.78, 5) is 12.1. The van der Waals surface area contributed by atoms with Gasteiger partial charge in [-0.25, -0.2) is 0 Å². The maximum absolute atomic E-state index is 12.1. The number of hydrogen-bond donors (Lipinski definition) is 2. The van der Waals surface area contributed by atoms with E-state index in [0.29, 0.717) is 18.8 Å². The molecule has 0 aliphatic carbocycles. The molecule has 0 amide bonds. The molecule has 1 fully saturated rings. The van der Waals surface area contributed by atoms with Crippen molar-refractivity contribution in [3.05, 3.63) is 34.9 Å². The van der Waals surface area contributed by atoms with Gasteiger partial charge < -0.3 is 10.1 Å². The van der Waals surface area contributed by atoms with Gasteiger partial charge in [0.05, 0.1) is 6.61 Å². The molecule has 4 heteroatoms. The zero-order chi connectivity index (χ0) is 13.9. The van der Waals surface area contributed by atoms with Gasteiger partial charge in [-0.15, -0.1) is 0 Å². The number of Topliss-reactive ketones (excluding diaryl/α,β-unsaturated/α-hetero) is 1. The standard InChI is InChI=1S/C15H21NO2S/c1-3-14(17)12-5-4-11(9-19)8-13(12)15(2)10-16-6-7-18-15/h4-5,8,16,19H,3,6-7,9-10H2,1-2H3. The van der Waals surface area contributed by atoms with Crippen LogP contribution in [0.4, 0.5) is 0 Å². The van der Waals surface area contributed by atoms with E-state index in [-0.39, 0.29) is 5.78 Å². The molecule has 0 spiro atoms. The predicted octanol–water partition coefficient (Wildman–Crippen LogP) is 2.54. The van der Waals surface area contributed by atoms with Gasteiger partial charge in [0, 0.05) is 30.8 Å². The molecule has 0 saturated carbocycles. The highest BCUT2D eigenvalue weighted by molar-refractivity contribution is 7.79. The second kappa shape index (κ2) is 6.07. The Morgan fingerprint density at radius 3 is 2.89 bits per heavy atom. The van der Waals surface area contributed by atoms with Crippen LogP contribution in [0.3, 0.4) is 0 Å². The molecule has 19 heavy (non-hydrogen) atoms. The van der Waals surface area contributed by atoms with Gasteiger partial charge in [0.2, 0.25) is 0 Å². The van der Waals surface area contributed by atoms with Gasteiger partial charge in [-0.05, 0) is 18.1 Å². The molecule has 1 aromatic carbocycles. The van der Waals surface area contributed by atoms with Crippen LogP contribution in [-0.2, 0) is 16.1 Å². The summed E-state index contributed by atoms with van der Waals surface area (Å²) < 4.78 is 5.95. The predicted molar refractivity (Wildman–Crippen MR) is 79.9 cm³/mol. The molecule has 0 aromatic heterocycles. The summed E-state index contributed by atoms with van der Waals surface area (Å²) in [6, 6.07) is 5.94. The molecular formula is C15H21NO2S. The summed E-state index contributed by atoms with van der Waals surface area (Å²) in [5.74, 6) is 0.827. The summed E-state index contributed by atoms with van der Waals surface area (Å²) in [5.41, 5.74) is 2.44. The fraction of sp³-hybridized carbons (Fsp3) is 0.533. The van der Waals surface area contributed by atoms with Crippen molar-refractivity contribution in [3.63, 3.8) is 0 Å². The fourth-order valence-electron chi connectivity index (χ4n) is 2.46. The lowest BCUT2D eigenvalue weighted by molar-refractivity contribution is -0.0576. The maximum Gasteiger partial charge on any atom is 0.162 e. The Hall–Kier alpha value is -0.840. The first-order valence-electron chi connectivity index (χ1n) is 6.73. The molecule has 1 saturated heterocycles. The highest BCUT2D eigenvalue weighted by Crippen LogP contribution is 2.31. The first kappa shape index (κ1) is 14.6. The van der Waals surface area contributed by atoms with Crippen LogP contribution in [0.5, 0.6) is 0 Å². The Kier molecular flexibility index (Phi) is 4.66. The number of rotatable bonds is 4. The minimum Gasteiger partial charge on any atom is -0.368 e. The highest BCUT2D eigenvalue weighted by atomic mass is 32.1. The van der Waals surface area contributed by atoms with Crippen molar-refractivity contribution in [3.8, 4) is 0 Å². The van der Waals surface area contributed by atoms with Crippen LogP contribution in [0.1, 0.15) is 41.8 Å². The average Bonchev–Trinajstić information content (AvgIpc) is 2.46.